The minimum absolute atomic E-state index is 0.648. The molecule has 0 radical (unpaired) electrons. The van der Waals surface area contributed by atoms with Crippen LogP contribution in [-0.4, -0.2) is 13.0 Å². The number of rotatable bonds is 2. The molecule has 3 nitrogen and oxygen atoms in total. The minimum atomic E-state index is -4.40. The van der Waals surface area contributed by atoms with Gasteiger partial charge >= 0.3 is 0 Å². The van der Waals surface area contributed by atoms with E-state index in [-0.39, 0.29) is 0 Å². The monoisotopic (exact) mass is 208 g/mol. The van der Waals surface area contributed by atoms with Crippen molar-refractivity contribution >= 4 is 10.1 Å². The van der Waals surface area contributed by atoms with Crippen molar-refractivity contribution in [1.82, 2.24) is 0 Å². The van der Waals surface area contributed by atoms with Gasteiger partial charge in [-0.05, 0) is 12.1 Å². The number of hydrogen-bond donors (Lipinski definition) is 1. The van der Waals surface area contributed by atoms with Crippen LogP contribution in [0.25, 0.3) is 0 Å². The molecule has 0 aliphatic carbocycles. The normalized spacial score (nSPS) is 11.6. The Morgan fingerprint density at radius 1 is 1.23 bits per heavy atom. The predicted octanol–water partition coefficient (Wildman–Crippen LogP) is 1.35. The van der Waals surface area contributed by atoms with E-state index < -0.39 is 33.1 Å². The van der Waals surface area contributed by atoms with E-state index in [1.165, 1.54) is 0 Å². The Bertz CT molecular complexity index is 393. The summed E-state index contributed by atoms with van der Waals surface area (Å²) in [6.07, 6.45) is 0. The third-order valence-electron chi connectivity index (χ3n) is 1.39. The Morgan fingerprint density at radius 2 is 1.69 bits per heavy atom. The number of halogens is 2. The van der Waals surface area contributed by atoms with Crippen LogP contribution >= 0.6 is 0 Å². The van der Waals surface area contributed by atoms with Crippen molar-refractivity contribution in [2.24, 2.45) is 0 Å². The Balaban J connectivity index is 3.15. The van der Waals surface area contributed by atoms with Gasteiger partial charge in [0.2, 0.25) is 0 Å². The van der Waals surface area contributed by atoms with Crippen molar-refractivity contribution < 1.29 is 21.8 Å². The highest BCUT2D eigenvalue weighted by Gasteiger charge is 2.15. The van der Waals surface area contributed by atoms with E-state index in [1.54, 1.807) is 0 Å². The SMILES string of the molecule is O=S(=O)(O)Cc1c(F)cccc1F. The summed E-state index contributed by atoms with van der Waals surface area (Å²) in [5.74, 6) is -3.03. The Kier molecular flexibility index (Phi) is 2.63. The standard InChI is InChI=1S/C7H6F2O3S/c8-6-2-1-3-7(9)5(6)4-13(10,11)12/h1-3H,4H2,(H,10,11,12). The highest BCUT2D eigenvalue weighted by atomic mass is 32.2. The van der Waals surface area contributed by atoms with Crippen LogP contribution in [0.5, 0.6) is 0 Å². The van der Waals surface area contributed by atoms with Crippen LogP contribution in [0.15, 0.2) is 18.2 Å². The van der Waals surface area contributed by atoms with E-state index in [2.05, 4.69) is 0 Å². The van der Waals surface area contributed by atoms with Gasteiger partial charge < -0.3 is 0 Å². The highest BCUT2D eigenvalue weighted by Crippen LogP contribution is 2.14. The maximum absolute atomic E-state index is 12.8. The fourth-order valence-corrected chi connectivity index (χ4v) is 1.49. The van der Waals surface area contributed by atoms with Gasteiger partial charge in [-0.1, -0.05) is 6.07 Å². The second-order valence-corrected chi connectivity index (χ2v) is 3.88. The largest absolute Gasteiger partial charge is 0.285 e. The third-order valence-corrected chi connectivity index (χ3v) is 2.04. The summed E-state index contributed by atoms with van der Waals surface area (Å²) < 4.78 is 54.5. The molecular weight excluding hydrogens is 202 g/mol. The van der Waals surface area contributed by atoms with Crippen LogP contribution in [-0.2, 0) is 15.9 Å². The molecule has 0 heterocycles. The van der Waals surface area contributed by atoms with E-state index in [9.17, 15) is 17.2 Å². The molecule has 0 aliphatic heterocycles. The van der Waals surface area contributed by atoms with Crippen LogP contribution in [0.3, 0.4) is 0 Å². The van der Waals surface area contributed by atoms with Gasteiger partial charge in [0.25, 0.3) is 10.1 Å². The van der Waals surface area contributed by atoms with E-state index in [1.807, 2.05) is 0 Å². The average molecular weight is 208 g/mol. The maximum atomic E-state index is 12.8. The quantitative estimate of drug-likeness (QED) is 0.746. The van der Waals surface area contributed by atoms with E-state index in [0.29, 0.717) is 0 Å². The van der Waals surface area contributed by atoms with Crippen molar-refractivity contribution in [3.63, 3.8) is 0 Å². The lowest BCUT2D eigenvalue weighted by Crippen LogP contribution is -2.05. The minimum Gasteiger partial charge on any atom is -0.285 e. The van der Waals surface area contributed by atoms with E-state index >= 15 is 0 Å². The first kappa shape index (κ1) is 10.1. The van der Waals surface area contributed by atoms with Gasteiger partial charge in [0.15, 0.2) is 0 Å². The smallest absolute Gasteiger partial charge is 0.269 e. The average Bonchev–Trinajstić information content (AvgIpc) is 1.95. The van der Waals surface area contributed by atoms with Crippen LogP contribution in [0, 0.1) is 11.6 Å². The molecule has 1 rings (SSSR count). The van der Waals surface area contributed by atoms with Gasteiger partial charge in [-0.3, -0.25) is 4.55 Å². The molecule has 6 heteroatoms. The lowest BCUT2D eigenvalue weighted by atomic mass is 10.2. The summed E-state index contributed by atoms with van der Waals surface area (Å²) in [7, 11) is -4.40. The van der Waals surface area contributed by atoms with E-state index in [0.717, 1.165) is 18.2 Å². The highest BCUT2D eigenvalue weighted by molar-refractivity contribution is 7.85. The van der Waals surface area contributed by atoms with Gasteiger partial charge in [0, 0.05) is 5.56 Å². The van der Waals surface area contributed by atoms with Gasteiger partial charge in [-0.25, -0.2) is 8.78 Å². The van der Waals surface area contributed by atoms with Crippen molar-refractivity contribution in [2.45, 2.75) is 5.75 Å². The first-order chi connectivity index (χ1) is 5.90. The Morgan fingerprint density at radius 3 is 2.08 bits per heavy atom. The lowest BCUT2D eigenvalue weighted by molar-refractivity contribution is 0.476. The molecule has 0 spiro atoms. The fourth-order valence-electron chi connectivity index (χ4n) is 0.853. The Labute approximate surface area is 73.8 Å². The van der Waals surface area contributed by atoms with Crippen LogP contribution in [0.2, 0.25) is 0 Å². The molecule has 13 heavy (non-hydrogen) atoms. The second-order valence-electron chi connectivity index (χ2n) is 2.43. The number of benzene rings is 1. The molecule has 0 unspecified atom stereocenters. The molecule has 1 aromatic rings. The molecule has 0 atom stereocenters. The third kappa shape index (κ3) is 2.74. The molecular formula is C7H6F2O3S. The van der Waals surface area contributed by atoms with Crippen molar-refractivity contribution in [3.8, 4) is 0 Å². The summed E-state index contributed by atoms with van der Waals surface area (Å²) >= 11 is 0. The zero-order valence-corrected chi connectivity index (χ0v) is 7.18. The summed E-state index contributed by atoms with van der Waals surface area (Å²) in [6, 6.07) is 2.95. The molecule has 0 fully saturated rings. The van der Waals surface area contributed by atoms with Gasteiger partial charge in [0.1, 0.15) is 17.4 Å². The molecule has 72 valence electrons. The molecule has 0 saturated carbocycles. The summed E-state index contributed by atoms with van der Waals surface area (Å²) in [4.78, 5) is 0. The van der Waals surface area contributed by atoms with E-state index in [4.69, 9.17) is 4.55 Å². The van der Waals surface area contributed by atoms with Gasteiger partial charge in [0.05, 0.1) is 0 Å². The van der Waals surface area contributed by atoms with Gasteiger partial charge in [-0.15, -0.1) is 0 Å². The zero-order chi connectivity index (χ0) is 10.1. The van der Waals surface area contributed by atoms with Crippen LogP contribution in [0.4, 0.5) is 8.78 Å². The summed E-state index contributed by atoms with van der Waals surface area (Å²) in [5.41, 5.74) is -0.648. The molecule has 1 N–H and O–H groups in total. The molecule has 0 saturated heterocycles. The predicted molar refractivity (Wildman–Crippen MR) is 41.6 cm³/mol. The number of hydrogen-bond acceptors (Lipinski definition) is 2. The topological polar surface area (TPSA) is 54.4 Å². The first-order valence-corrected chi connectivity index (χ1v) is 4.89. The van der Waals surface area contributed by atoms with Crippen LogP contribution < -0.4 is 0 Å². The summed E-state index contributed by atoms with van der Waals surface area (Å²) in [6.45, 7) is 0. The van der Waals surface area contributed by atoms with Crippen molar-refractivity contribution in [3.05, 3.63) is 35.4 Å². The fraction of sp³-hybridized carbons (Fsp3) is 0.143. The first-order valence-electron chi connectivity index (χ1n) is 3.28. The lowest BCUT2D eigenvalue weighted by Gasteiger charge is -2.01. The molecule has 0 aromatic heterocycles. The molecule has 0 amide bonds. The van der Waals surface area contributed by atoms with Crippen LogP contribution in [0.1, 0.15) is 5.56 Å². The van der Waals surface area contributed by atoms with Crippen molar-refractivity contribution in [1.29, 1.82) is 0 Å². The molecule has 1 aromatic carbocycles. The summed E-state index contributed by atoms with van der Waals surface area (Å²) in [5, 5.41) is 0. The molecule has 0 bridgehead atoms. The van der Waals surface area contributed by atoms with Crippen molar-refractivity contribution in [2.75, 3.05) is 0 Å². The zero-order valence-electron chi connectivity index (χ0n) is 6.37. The second kappa shape index (κ2) is 3.39. The Hall–Kier alpha value is -1.01. The maximum Gasteiger partial charge on any atom is 0.269 e. The van der Waals surface area contributed by atoms with Gasteiger partial charge in [-0.2, -0.15) is 8.42 Å². The molecule has 0 aliphatic rings.